The lowest BCUT2D eigenvalue weighted by Crippen LogP contribution is -2.44. The van der Waals surface area contributed by atoms with Crippen LogP contribution >= 0.6 is 0 Å². The number of nitrogens with two attached hydrogens (primary N) is 1. The van der Waals surface area contributed by atoms with E-state index < -0.39 is 41.3 Å². The van der Waals surface area contributed by atoms with E-state index in [4.69, 9.17) is 10.5 Å². The molecule has 0 bridgehead atoms. The maximum absolute atomic E-state index is 12.2. The summed E-state index contributed by atoms with van der Waals surface area (Å²) < 4.78 is 4.95. The minimum Gasteiger partial charge on any atom is -0.454 e. The van der Waals surface area contributed by atoms with Gasteiger partial charge in [0, 0.05) is 36.7 Å². The van der Waals surface area contributed by atoms with E-state index in [1.807, 2.05) is 0 Å². The van der Waals surface area contributed by atoms with E-state index in [1.54, 1.807) is 0 Å². The van der Waals surface area contributed by atoms with Crippen molar-refractivity contribution in [1.82, 2.24) is 10.2 Å². The normalized spacial score (nSPS) is 15.3. The minimum atomic E-state index is -1.06. The third-order valence-corrected chi connectivity index (χ3v) is 4.61. The van der Waals surface area contributed by atoms with Gasteiger partial charge >= 0.3 is 5.97 Å². The number of piperidine rings is 1. The van der Waals surface area contributed by atoms with Crippen molar-refractivity contribution in [1.29, 1.82) is 0 Å². The van der Waals surface area contributed by atoms with Gasteiger partial charge in [-0.25, -0.2) is 4.79 Å². The third-order valence-electron chi connectivity index (χ3n) is 4.61. The lowest BCUT2D eigenvalue weighted by Gasteiger charge is -2.30. The van der Waals surface area contributed by atoms with E-state index >= 15 is 0 Å². The van der Waals surface area contributed by atoms with E-state index in [2.05, 4.69) is 5.32 Å². The number of ether oxygens (including phenoxy) is 1. The number of nitrogens with zero attached hydrogens (tertiary/aromatic N) is 2. The molecule has 11 nitrogen and oxygen atoms in total. The van der Waals surface area contributed by atoms with Crippen LogP contribution < -0.4 is 11.1 Å². The molecule has 1 saturated heterocycles. The fourth-order valence-corrected chi connectivity index (χ4v) is 2.86. The van der Waals surface area contributed by atoms with Gasteiger partial charge in [-0.15, -0.1) is 0 Å². The Bertz CT molecular complexity index is 818. The summed E-state index contributed by atoms with van der Waals surface area (Å²) in [5.41, 5.74) is 5.01. The SMILES string of the molecule is C[C@H](NC(=O)c1cccc([N+](=O)[O-])c1)C(=O)OCC(=O)N1CCC(C(N)=O)CC1. The van der Waals surface area contributed by atoms with Crippen LogP contribution in [0.2, 0.25) is 0 Å². The molecule has 0 aliphatic carbocycles. The van der Waals surface area contributed by atoms with Gasteiger partial charge in [0.25, 0.3) is 17.5 Å². The zero-order chi connectivity index (χ0) is 21.6. The second-order valence-electron chi connectivity index (χ2n) is 6.67. The quantitative estimate of drug-likeness (QED) is 0.365. The molecule has 0 aromatic heterocycles. The number of esters is 1. The highest BCUT2D eigenvalue weighted by Gasteiger charge is 2.27. The molecule has 1 aromatic rings. The van der Waals surface area contributed by atoms with Gasteiger partial charge in [0.05, 0.1) is 4.92 Å². The zero-order valence-corrected chi connectivity index (χ0v) is 15.8. The highest BCUT2D eigenvalue weighted by Crippen LogP contribution is 2.17. The van der Waals surface area contributed by atoms with E-state index in [0.717, 1.165) is 6.07 Å². The number of carbonyl (C=O) groups excluding carboxylic acids is 4. The Labute approximate surface area is 166 Å². The van der Waals surface area contributed by atoms with Gasteiger partial charge in [0.15, 0.2) is 6.61 Å². The molecule has 29 heavy (non-hydrogen) atoms. The Morgan fingerprint density at radius 2 is 1.97 bits per heavy atom. The molecule has 3 N–H and O–H groups in total. The number of primary amides is 1. The summed E-state index contributed by atoms with van der Waals surface area (Å²) in [6, 6.07) is 4.00. The van der Waals surface area contributed by atoms with Crippen molar-refractivity contribution in [3.8, 4) is 0 Å². The van der Waals surface area contributed by atoms with E-state index in [1.165, 1.54) is 30.0 Å². The van der Waals surface area contributed by atoms with E-state index in [-0.39, 0.29) is 17.2 Å². The van der Waals surface area contributed by atoms with Crippen LogP contribution in [0.25, 0.3) is 0 Å². The fourth-order valence-electron chi connectivity index (χ4n) is 2.86. The van der Waals surface area contributed by atoms with Crippen LogP contribution in [0.15, 0.2) is 24.3 Å². The Hall–Kier alpha value is -3.50. The number of benzene rings is 1. The van der Waals surface area contributed by atoms with Crippen LogP contribution in [0.4, 0.5) is 5.69 Å². The Morgan fingerprint density at radius 1 is 1.31 bits per heavy atom. The Morgan fingerprint density at radius 3 is 2.55 bits per heavy atom. The van der Waals surface area contributed by atoms with Crippen LogP contribution in [-0.2, 0) is 19.1 Å². The van der Waals surface area contributed by atoms with Crippen molar-refractivity contribution in [2.45, 2.75) is 25.8 Å². The molecule has 3 amide bonds. The lowest BCUT2D eigenvalue weighted by molar-refractivity contribution is -0.384. The van der Waals surface area contributed by atoms with E-state index in [9.17, 15) is 29.3 Å². The molecule has 0 unspecified atom stereocenters. The van der Waals surface area contributed by atoms with Gasteiger partial charge in [-0.2, -0.15) is 0 Å². The summed E-state index contributed by atoms with van der Waals surface area (Å²) in [7, 11) is 0. The fraction of sp³-hybridized carbons (Fsp3) is 0.444. The number of rotatable bonds is 7. The van der Waals surface area contributed by atoms with Crippen molar-refractivity contribution in [3.05, 3.63) is 39.9 Å². The molecule has 1 aromatic carbocycles. The van der Waals surface area contributed by atoms with Crippen LogP contribution in [-0.4, -0.2) is 59.3 Å². The second kappa shape index (κ2) is 9.62. The van der Waals surface area contributed by atoms with Crippen LogP contribution in [0, 0.1) is 16.0 Å². The molecule has 0 saturated carbocycles. The third kappa shape index (κ3) is 5.99. The summed E-state index contributed by atoms with van der Waals surface area (Å²) in [6.07, 6.45) is 0.926. The number of likely N-dealkylation sites (tertiary alicyclic amines) is 1. The molecule has 1 fully saturated rings. The molecule has 1 atom stereocenters. The number of nitro benzene ring substituents is 1. The first-order chi connectivity index (χ1) is 13.7. The van der Waals surface area contributed by atoms with Gasteiger partial charge in [0.2, 0.25) is 5.91 Å². The number of hydrogen-bond acceptors (Lipinski definition) is 7. The second-order valence-corrected chi connectivity index (χ2v) is 6.67. The van der Waals surface area contributed by atoms with Gasteiger partial charge in [-0.3, -0.25) is 24.5 Å². The molecule has 1 aliphatic heterocycles. The summed E-state index contributed by atoms with van der Waals surface area (Å²) in [5.74, 6) is -2.55. The average Bonchev–Trinajstić information content (AvgIpc) is 2.71. The largest absolute Gasteiger partial charge is 0.454 e. The Kier molecular flexibility index (Phi) is 7.23. The number of hydrogen-bond donors (Lipinski definition) is 2. The van der Waals surface area contributed by atoms with Crippen molar-refractivity contribution < 1.29 is 28.8 Å². The number of carbonyl (C=O) groups is 4. The molecular weight excluding hydrogens is 384 g/mol. The van der Waals surface area contributed by atoms with Crippen molar-refractivity contribution >= 4 is 29.4 Å². The first-order valence-electron chi connectivity index (χ1n) is 8.98. The predicted octanol–water partition coefficient (Wildman–Crippen LogP) is -0.0198. The van der Waals surface area contributed by atoms with Gasteiger partial charge in [0.1, 0.15) is 6.04 Å². The lowest BCUT2D eigenvalue weighted by atomic mass is 9.96. The smallest absolute Gasteiger partial charge is 0.328 e. The predicted molar refractivity (Wildman–Crippen MR) is 99.5 cm³/mol. The van der Waals surface area contributed by atoms with Crippen molar-refractivity contribution in [2.75, 3.05) is 19.7 Å². The molecular formula is C18H22N4O7. The molecule has 156 valence electrons. The summed E-state index contributed by atoms with van der Waals surface area (Å²) in [5, 5.41) is 13.1. The molecule has 1 aliphatic rings. The molecule has 11 heteroatoms. The maximum Gasteiger partial charge on any atom is 0.328 e. The van der Waals surface area contributed by atoms with Crippen LogP contribution in [0.3, 0.4) is 0 Å². The Balaban J connectivity index is 1.81. The first kappa shape index (κ1) is 21.8. The molecule has 0 spiro atoms. The van der Waals surface area contributed by atoms with Crippen molar-refractivity contribution in [3.63, 3.8) is 0 Å². The van der Waals surface area contributed by atoms with E-state index in [0.29, 0.717) is 25.9 Å². The highest BCUT2D eigenvalue weighted by atomic mass is 16.6. The molecule has 0 radical (unpaired) electrons. The maximum atomic E-state index is 12.2. The monoisotopic (exact) mass is 406 g/mol. The van der Waals surface area contributed by atoms with Crippen LogP contribution in [0.5, 0.6) is 0 Å². The molecule has 2 rings (SSSR count). The summed E-state index contributed by atoms with van der Waals surface area (Å²) in [4.78, 5) is 59.1. The zero-order valence-electron chi connectivity index (χ0n) is 15.8. The van der Waals surface area contributed by atoms with Gasteiger partial charge < -0.3 is 20.7 Å². The standard InChI is InChI=1S/C18H22N4O7/c1-11(20-17(25)13-3-2-4-14(9-13)22(27)28)18(26)29-10-15(23)21-7-5-12(6-8-21)16(19)24/h2-4,9,11-12H,5-8,10H2,1H3,(H2,19,24)(H,20,25)/t11-/m0/s1. The summed E-state index contributed by atoms with van der Waals surface area (Å²) in [6.45, 7) is 1.59. The summed E-state index contributed by atoms with van der Waals surface area (Å²) >= 11 is 0. The van der Waals surface area contributed by atoms with Gasteiger partial charge in [-0.1, -0.05) is 6.07 Å². The molecule has 1 heterocycles. The number of amides is 3. The average molecular weight is 406 g/mol. The number of non-ortho nitro benzene ring substituents is 1. The van der Waals surface area contributed by atoms with Gasteiger partial charge in [-0.05, 0) is 25.8 Å². The van der Waals surface area contributed by atoms with Crippen LogP contribution in [0.1, 0.15) is 30.1 Å². The number of nitrogens with one attached hydrogen (secondary N) is 1. The minimum absolute atomic E-state index is 0.0206. The van der Waals surface area contributed by atoms with Crippen molar-refractivity contribution in [2.24, 2.45) is 11.7 Å². The number of nitro groups is 1. The highest BCUT2D eigenvalue weighted by molar-refractivity contribution is 5.97. The topological polar surface area (TPSA) is 162 Å². The first-order valence-corrected chi connectivity index (χ1v) is 8.98.